The number of hydrogen-bond acceptors (Lipinski definition) is 3. The van der Waals surface area contributed by atoms with Crippen molar-refractivity contribution < 1.29 is 9.90 Å². The number of aliphatic hydroxyl groups is 1. The lowest BCUT2D eigenvalue weighted by molar-refractivity contribution is 0.0923. The summed E-state index contributed by atoms with van der Waals surface area (Å²) in [6, 6.07) is 8.97. The number of nitrogens with one attached hydrogen (secondary N) is 2. The van der Waals surface area contributed by atoms with Crippen molar-refractivity contribution >= 4 is 17.5 Å². The van der Waals surface area contributed by atoms with Gasteiger partial charge in [-0.15, -0.1) is 0 Å². The van der Waals surface area contributed by atoms with E-state index < -0.39 is 0 Å². The summed E-state index contributed by atoms with van der Waals surface area (Å²) in [5.74, 6) is -0.210. The first kappa shape index (κ1) is 16.5. The summed E-state index contributed by atoms with van der Waals surface area (Å²) in [4.78, 5) is 12.1. The number of hydrogen-bond donors (Lipinski definition) is 3. The predicted octanol–water partition coefficient (Wildman–Crippen LogP) is 2.87. The Kier molecular flexibility index (Phi) is 5.21. The van der Waals surface area contributed by atoms with E-state index in [0.29, 0.717) is 29.4 Å². The molecule has 3 N–H and O–H groups in total. The molecule has 5 nitrogen and oxygen atoms in total. The minimum absolute atomic E-state index is 0.105. The second-order valence-corrected chi connectivity index (χ2v) is 6.43. The van der Waals surface area contributed by atoms with E-state index in [1.54, 1.807) is 18.2 Å². The maximum Gasteiger partial charge on any atom is 0.269 e. The second kappa shape index (κ2) is 6.94. The molecule has 6 heteroatoms. The van der Waals surface area contributed by atoms with E-state index in [0.717, 1.165) is 5.56 Å². The molecule has 0 aliphatic carbocycles. The fourth-order valence-corrected chi connectivity index (χ4v) is 2.14. The Morgan fingerprint density at radius 2 is 2.05 bits per heavy atom. The van der Waals surface area contributed by atoms with Gasteiger partial charge >= 0.3 is 0 Å². The Bertz CT molecular complexity index is 635. The number of nitrogens with zero attached hydrogens (tertiary/aromatic N) is 1. The molecule has 118 valence electrons. The summed E-state index contributed by atoms with van der Waals surface area (Å²) >= 11 is 5.85. The second-order valence-electron chi connectivity index (χ2n) is 5.99. The lowest BCUT2D eigenvalue weighted by atomic mass is 9.90. The third-order valence-electron chi connectivity index (χ3n) is 3.48. The van der Waals surface area contributed by atoms with Crippen LogP contribution in [0.15, 0.2) is 30.3 Å². The van der Waals surface area contributed by atoms with Crippen molar-refractivity contribution in [2.45, 2.75) is 20.3 Å². The number of aromatic amines is 1. The van der Waals surface area contributed by atoms with Gasteiger partial charge in [-0.05, 0) is 30.0 Å². The number of H-pyrrole nitrogens is 1. The quantitative estimate of drug-likeness (QED) is 0.765. The molecule has 1 heterocycles. The monoisotopic (exact) mass is 321 g/mol. The lowest BCUT2D eigenvalue weighted by Crippen LogP contribution is -2.34. The summed E-state index contributed by atoms with van der Waals surface area (Å²) in [7, 11) is 0. The molecule has 0 saturated heterocycles. The van der Waals surface area contributed by atoms with Crippen LogP contribution >= 0.6 is 11.6 Å². The van der Waals surface area contributed by atoms with Crippen molar-refractivity contribution in [3.8, 4) is 11.3 Å². The maximum absolute atomic E-state index is 12.1. The van der Waals surface area contributed by atoms with E-state index in [9.17, 15) is 4.79 Å². The Balaban J connectivity index is 2.02. The Morgan fingerprint density at radius 1 is 1.36 bits per heavy atom. The molecule has 1 aromatic heterocycles. The highest BCUT2D eigenvalue weighted by Gasteiger charge is 2.19. The minimum Gasteiger partial charge on any atom is -0.396 e. The van der Waals surface area contributed by atoms with Gasteiger partial charge in [0.2, 0.25) is 0 Å². The number of rotatable bonds is 6. The average molecular weight is 322 g/mol. The Morgan fingerprint density at radius 3 is 2.68 bits per heavy atom. The summed E-state index contributed by atoms with van der Waals surface area (Å²) in [5.41, 5.74) is 1.84. The molecule has 2 rings (SSSR count). The van der Waals surface area contributed by atoms with Crippen molar-refractivity contribution in [1.82, 2.24) is 15.5 Å². The normalized spacial score (nSPS) is 11.5. The van der Waals surface area contributed by atoms with Gasteiger partial charge in [-0.1, -0.05) is 37.6 Å². The highest BCUT2D eigenvalue weighted by atomic mass is 35.5. The van der Waals surface area contributed by atoms with Gasteiger partial charge in [0, 0.05) is 23.7 Å². The predicted molar refractivity (Wildman–Crippen MR) is 86.9 cm³/mol. The van der Waals surface area contributed by atoms with E-state index in [1.807, 2.05) is 26.0 Å². The number of aliphatic hydroxyl groups excluding tert-OH is 1. The SMILES string of the molecule is CC(C)(CCO)CNC(=O)c1cc(-c2ccc(Cl)cc2)n[nH]1. The molecule has 0 aliphatic rings. The number of amides is 1. The molecule has 0 saturated carbocycles. The fourth-order valence-electron chi connectivity index (χ4n) is 2.01. The largest absolute Gasteiger partial charge is 0.396 e. The molecule has 1 amide bonds. The molecular weight excluding hydrogens is 302 g/mol. The smallest absolute Gasteiger partial charge is 0.269 e. The van der Waals surface area contributed by atoms with Crippen LogP contribution < -0.4 is 5.32 Å². The van der Waals surface area contributed by atoms with E-state index in [2.05, 4.69) is 15.5 Å². The van der Waals surface area contributed by atoms with Crippen molar-refractivity contribution in [1.29, 1.82) is 0 Å². The molecule has 2 aromatic rings. The molecular formula is C16H20ClN3O2. The molecule has 0 unspecified atom stereocenters. The highest BCUT2D eigenvalue weighted by Crippen LogP contribution is 2.21. The van der Waals surface area contributed by atoms with Crippen molar-refractivity contribution in [3.05, 3.63) is 41.0 Å². The van der Waals surface area contributed by atoms with Crippen molar-refractivity contribution in [2.24, 2.45) is 5.41 Å². The van der Waals surface area contributed by atoms with Crippen LogP contribution in [0.4, 0.5) is 0 Å². The van der Waals surface area contributed by atoms with Crippen LogP contribution in [-0.2, 0) is 0 Å². The van der Waals surface area contributed by atoms with Gasteiger partial charge in [-0.2, -0.15) is 5.10 Å². The van der Waals surface area contributed by atoms with Gasteiger partial charge in [0.15, 0.2) is 0 Å². The molecule has 0 bridgehead atoms. The molecule has 0 radical (unpaired) electrons. The molecule has 0 atom stereocenters. The van der Waals surface area contributed by atoms with Crippen LogP contribution in [0.2, 0.25) is 5.02 Å². The van der Waals surface area contributed by atoms with Crippen LogP contribution in [0, 0.1) is 5.41 Å². The van der Waals surface area contributed by atoms with Crippen LogP contribution in [0.25, 0.3) is 11.3 Å². The first-order valence-corrected chi connectivity index (χ1v) is 7.49. The molecule has 0 spiro atoms. The molecule has 1 aromatic carbocycles. The summed E-state index contributed by atoms with van der Waals surface area (Å²) in [5, 5.41) is 19.4. The van der Waals surface area contributed by atoms with Crippen LogP contribution in [0.5, 0.6) is 0 Å². The summed E-state index contributed by atoms with van der Waals surface area (Å²) in [6.07, 6.45) is 0.631. The molecule has 22 heavy (non-hydrogen) atoms. The van der Waals surface area contributed by atoms with Gasteiger partial charge in [-0.3, -0.25) is 9.89 Å². The van der Waals surface area contributed by atoms with Crippen molar-refractivity contribution in [2.75, 3.05) is 13.2 Å². The van der Waals surface area contributed by atoms with Crippen LogP contribution in [0.1, 0.15) is 30.8 Å². The zero-order valence-corrected chi connectivity index (χ0v) is 13.4. The van der Waals surface area contributed by atoms with Gasteiger partial charge in [0.1, 0.15) is 5.69 Å². The van der Waals surface area contributed by atoms with Crippen LogP contribution in [-0.4, -0.2) is 34.4 Å². The highest BCUT2D eigenvalue weighted by molar-refractivity contribution is 6.30. The maximum atomic E-state index is 12.1. The fraction of sp³-hybridized carbons (Fsp3) is 0.375. The zero-order chi connectivity index (χ0) is 16.2. The average Bonchev–Trinajstić information content (AvgIpc) is 2.95. The van der Waals surface area contributed by atoms with E-state index in [-0.39, 0.29) is 17.9 Å². The first-order chi connectivity index (χ1) is 10.4. The summed E-state index contributed by atoms with van der Waals surface area (Å²) in [6.45, 7) is 4.58. The Labute approximate surface area is 134 Å². The van der Waals surface area contributed by atoms with Gasteiger partial charge in [-0.25, -0.2) is 0 Å². The minimum atomic E-state index is -0.210. The third kappa shape index (κ3) is 4.32. The van der Waals surface area contributed by atoms with Crippen LogP contribution in [0.3, 0.4) is 0 Å². The summed E-state index contributed by atoms with van der Waals surface area (Å²) < 4.78 is 0. The van der Waals surface area contributed by atoms with E-state index in [4.69, 9.17) is 16.7 Å². The third-order valence-corrected chi connectivity index (χ3v) is 3.73. The molecule has 0 aliphatic heterocycles. The van der Waals surface area contributed by atoms with Crippen molar-refractivity contribution in [3.63, 3.8) is 0 Å². The number of benzene rings is 1. The van der Waals surface area contributed by atoms with E-state index >= 15 is 0 Å². The van der Waals surface area contributed by atoms with Gasteiger partial charge in [0.05, 0.1) is 5.69 Å². The van der Waals surface area contributed by atoms with Gasteiger partial charge < -0.3 is 10.4 Å². The molecule has 0 fully saturated rings. The standard InChI is InChI=1S/C16H20ClN3O2/c1-16(2,7-8-21)10-18-15(22)14-9-13(19-20-14)11-3-5-12(17)6-4-11/h3-6,9,21H,7-8,10H2,1-2H3,(H,18,22)(H,19,20). The number of carbonyl (C=O) groups excluding carboxylic acids is 1. The topological polar surface area (TPSA) is 78.0 Å². The number of halogens is 1. The number of carbonyl (C=O) groups is 1. The zero-order valence-electron chi connectivity index (χ0n) is 12.7. The Hall–Kier alpha value is -1.85. The number of aromatic nitrogens is 2. The lowest BCUT2D eigenvalue weighted by Gasteiger charge is -2.23. The van der Waals surface area contributed by atoms with E-state index in [1.165, 1.54) is 0 Å². The van der Waals surface area contributed by atoms with Gasteiger partial charge in [0.25, 0.3) is 5.91 Å². The first-order valence-electron chi connectivity index (χ1n) is 7.12.